The van der Waals surface area contributed by atoms with Crippen LogP contribution in [-0.4, -0.2) is 49.8 Å². The Bertz CT molecular complexity index is 3270. The number of nitrogens with zero attached hydrogens (tertiary/aromatic N) is 5. The third kappa shape index (κ3) is 14.1. The van der Waals surface area contributed by atoms with E-state index in [2.05, 4.69) is 164 Å². The van der Waals surface area contributed by atoms with Gasteiger partial charge in [-0.25, -0.2) is 4.98 Å². The number of fused-ring (bicyclic) bond motifs is 8. The van der Waals surface area contributed by atoms with Gasteiger partial charge in [-0.1, -0.05) is 109 Å². The summed E-state index contributed by atoms with van der Waals surface area (Å²) in [5.41, 5.74) is 7.58. The molecular weight excluding hydrogens is 929 g/mol. The largest absolute Gasteiger partial charge is 0.361 e. The van der Waals surface area contributed by atoms with Crippen LogP contribution in [0.15, 0.2) is 286 Å². The second-order valence-electron chi connectivity index (χ2n) is 16.3. The molecule has 11 aromatic heterocycles. The standard InChI is InChI=1S/C10H8.C9H7N.C8H7N.C8H6S.4C7H6N2/c1-2-6-10-8-4-3-7-9(10)5-1;1-2-6-9-8(4-1)5-3-7-10-9;2*1-2-4-8-7(3-1)5-6-9-8;1-4-9-7-2-3-8-5-6(1)7;1-3-8-5-7-6(1)2-4-9-7;1-2-6-7(8-4-1)3-5-9-6;1-2-6-3-5-9-7(6)8-4-1/h1-8H;1-7H;1-6,9H;1-6H;3*1-5,9H;1-5H,(H,8,9). The van der Waals surface area contributed by atoms with E-state index in [1.807, 2.05) is 147 Å². The zero-order chi connectivity index (χ0) is 50.2. The van der Waals surface area contributed by atoms with Crippen LogP contribution in [0.5, 0.6) is 0 Å². The van der Waals surface area contributed by atoms with Gasteiger partial charge in [-0.2, -0.15) is 0 Å². The number of hydrogen-bond donors (Lipinski definition) is 5. The van der Waals surface area contributed by atoms with E-state index in [0.29, 0.717) is 0 Å². The van der Waals surface area contributed by atoms with Gasteiger partial charge in [0.1, 0.15) is 5.65 Å². The van der Waals surface area contributed by atoms with Crippen LogP contribution in [0.4, 0.5) is 0 Å². The van der Waals surface area contributed by atoms with Crippen LogP contribution >= 0.6 is 11.3 Å². The van der Waals surface area contributed by atoms with E-state index in [9.17, 15) is 0 Å². The molecule has 0 saturated carbocycles. The van der Waals surface area contributed by atoms with E-state index in [1.165, 1.54) is 42.5 Å². The summed E-state index contributed by atoms with van der Waals surface area (Å²) >= 11 is 1.79. The van der Waals surface area contributed by atoms with Gasteiger partial charge in [-0.3, -0.25) is 19.9 Å². The first-order valence-corrected chi connectivity index (χ1v) is 24.8. The number of H-pyrrole nitrogens is 5. The van der Waals surface area contributed by atoms with Crippen molar-refractivity contribution in [2.24, 2.45) is 0 Å². The average molecular weight is 981 g/mol. The lowest BCUT2D eigenvalue weighted by Crippen LogP contribution is -1.73. The lowest BCUT2D eigenvalue weighted by molar-refractivity contribution is 1.33. The molecule has 11 heteroatoms. The maximum Gasteiger partial charge on any atom is 0.137 e. The maximum absolute atomic E-state index is 4.18. The molecular formula is C63H52N10S. The number of hydrogen-bond acceptors (Lipinski definition) is 6. The Labute approximate surface area is 431 Å². The number of nitrogens with one attached hydrogen (secondary N) is 5. The van der Waals surface area contributed by atoms with Crippen molar-refractivity contribution in [2.75, 3.05) is 0 Å². The van der Waals surface area contributed by atoms with Crippen LogP contribution < -0.4 is 0 Å². The van der Waals surface area contributed by atoms with Gasteiger partial charge in [0, 0.05) is 105 Å². The van der Waals surface area contributed by atoms with E-state index in [0.717, 1.165) is 44.0 Å². The van der Waals surface area contributed by atoms with Gasteiger partial charge in [-0.15, -0.1) is 11.3 Å². The van der Waals surface area contributed by atoms with Crippen molar-refractivity contribution in [1.82, 2.24) is 49.8 Å². The summed E-state index contributed by atoms with van der Waals surface area (Å²) in [4.78, 5) is 35.6. The van der Waals surface area contributed by atoms with Gasteiger partial charge < -0.3 is 24.9 Å². The molecule has 0 radical (unpaired) electrons. The van der Waals surface area contributed by atoms with E-state index in [-0.39, 0.29) is 0 Å². The van der Waals surface area contributed by atoms with E-state index in [4.69, 9.17) is 0 Å². The van der Waals surface area contributed by atoms with E-state index >= 15 is 0 Å². The Hall–Kier alpha value is -9.97. The minimum absolute atomic E-state index is 0.956. The molecule has 5 aromatic carbocycles. The fourth-order valence-electron chi connectivity index (χ4n) is 7.60. The minimum Gasteiger partial charge on any atom is -0.361 e. The summed E-state index contributed by atoms with van der Waals surface area (Å²) < 4.78 is 1.37. The van der Waals surface area contributed by atoms with Gasteiger partial charge >= 0.3 is 0 Å². The first-order valence-electron chi connectivity index (χ1n) is 23.9. The molecule has 0 fully saturated rings. The van der Waals surface area contributed by atoms with Crippen molar-refractivity contribution >= 4 is 97.9 Å². The quantitative estimate of drug-likeness (QED) is 0.103. The number of aromatic nitrogens is 10. The summed E-state index contributed by atoms with van der Waals surface area (Å²) in [6.45, 7) is 0. The molecule has 16 aromatic rings. The molecule has 0 saturated heterocycles. The summed E-state index contributed by atoms with van der Waals surface area (Å²) in [7, 11) is 0. The molecule has 0 spiro atoms. The van der Waals surface area contributed by atoms with Crippen molar-refractivity contribution in [3.63, 3.8) is 0 Å². The van der Waals surface area contributed by atoms with Gasteiger partial charge in [0.2, 0.25) is 0 Å². The van der Waals surface area contributed by atoms with Crippen molar-refractivity contribution in [1.29, 1.82) is 0 Å². The predicted octanol–water partition coefficient (Wildman–Crippen LogP) is 16.4. The highest BCUT2D eigenvalue weighted by atomic mass is 32.1. The first kappa shape index (κ1) is 49.0. The Morgan fingerprint density at radius 3 is 1.45 bits per heavy atom. The summed E-state index contributed by atoms with van der Waals surface area (Å²) in [5.74, 6) is 0. The molecule has 16 rings (SSSR count). The van der Waals surface area contributed by atoms with Crippen molar-refractivity contribution in [3.05, 3.63) is 286 Å². The molecule has 360 valence electrons. The van der Waals surface area contributed by atoms with Crippen LogP contribution in [0.3, 0.4) is 0 Å². The Balaban J connectivity index is 0.000000104. The van der Waals surface area contributed by atoms with E-state index < -0.39 is 0 Å². The summed E-state index contributed by atoms with van der Waals surface area (Å²) in [6.07, 6.45) is 22.1. The highest BCUT2D eigenvalue weighted by molar-refractivity contribution is 7.17. The summed E-state index contributed by atoms with van der Waals surface area (Å²) in [5, 5.41) is 12.1. The Kier molecular flexibility index (Phi) is 17.4. The molecule has 0 aliphatic heterocycles. The van der Waals surface area contributed by atoms with Crippen LogP contribution in [0.25, 0.3) is 86.5 Å². The summed E-state index contributed by atoms with van der Waals surface area (Å²) in [6, 6.07) is 69.4. The second kappa shape index (κ2) is 26.3. The molecule has 74 heavy (non-hydrogen) atoms. The molecule has 11 heterocycles. The van der Waals surface area contributed by atoms with Gasteiger partial charge in [0.15, 0.2) is 0 Å². The predicted molar refractivity (Wildman–Crippen MR) is 310 cm³/mol. The molecule has 5 N–H and O–H groups in total. The minimum atomic E-state index is 0.956. The topological polar surface area (TPSA) is 143 Å². The maximum atomic E-state index is 4.18. The lowest BCUT2D eigenvalue weighted by atomic mass is 10.1. The normalized spacial score (nSPS) is 10.2. The molecule has 0 bridgehead atoms. The number of thiophene rings is 1. The van der Waals surface area contributed by atoms with Gasteiger partial charge in [-0.05, 0) is 124 Å². The average Bonchev–Trinajstić information content (AvgIpc) is 4.36. The third-order valence-electron chi connectivity index (χ3n) is 11.3. The van der Waals surface area contributed by atoms with Crippen LogP contribution in [0.2, 0.25) is 0 Å². The number of para-hydroxylation sites is 2. The van der Waals surface area contributed by atoms with Crippen LogP contribution in [-0.2, 0) is 0 Å². The molecule has 0 atom stereocenters. The molecule has 0 aliphatic carbocycles. The monoisotopic (exact) mass is 980 g/mol. The third-order valence-corrected chi connectivity index (χ3v) is 12.2. The number of rotatable bonds is 0. The lowest BCUT2D eigenvalue weighted by Gasteiger charge is -1.92. The number of aromatic amines is 5. The Morgan fingerprint density at radius 1 is 0.270 bits per heavy atom. The molecule has 0 aliphatic rings. The van der Waals surface area contributed by atoms with E-state index in [1.54, 1.807) is 36.1 Å². The molecule has 10 nitrogen and oxygen atoms in total. The van der Waals surface area contributed by atoms with Crippen molar-refractivity contribution in [3.8, 4) is 0 Å². The van der Waals surface area contributed by atoms with Gasteiger partial charge in [0.05, 0.1) is 28.3 Å². The van der Waals surface area contributed by atoms with Crippen LogP contribution in [0, 0.1) is 0 Å². The number of pyridine rings is 5. The zero-order valence-corrected chi connectivity index (χ0v) is 41.1. The highest BCUT2D eigenvalue weighted by Crippen LogP contribution is 2.19. The van der Waals surface area contributed by atoms with Crippen molar-refractivity contribution in [2.45, 2.75) is 0 Å². The molecule has 0 amide bonds. The fourth-order valence-corrected chi connectivity index (χ4v) is 8.39. The second-order valence-corrected chi connectivity index (χ2v) is 17.2. The highest BCUT2D eigenvalue weighted by Gasteiger charge is 1.93. The smallest absolute Gasteiger partial charge is 0.137 e. The van der Waals surface area contributed by atoms with Gasteiger partial charge in [0.25, 0.3) is 0 Å². The molecule has 0 unspecified atom stereocenters. The Morgan fingerprint density at radius 2 is 0.757 bits per heavy atom. The van der Waals surface area contributed by atoms with Crippen LogP contribution in [0.1, 0.15) is 0 Å². The number of benzene rings is 5. The first-order chi connectivity index (χ1) is 36.7. The van der Waals surface area contributed by atoms with Crippen molar-refractivity contribution < 1.29 is 0 Å². The fraction of sp³-hybridized carbons (Fsp3) is 0. The SMILES string of the molecule is c1cc2[nH]ccc2cn1.c1cc2cc[nH]c2cn1.c1ccc2[nH]ccc2c1.c1ccc2ccccc2c1.c1ccc2ncccc2c1.c1ccc2sccc2c1.c1cnc2[nH]ccc2c1.c1cnc2cc[nH]c2c1. The zero-order valence-electron chi connectivity index (χ0n) is 40.3.